The average Bonchev–Trinajstić information content (AvgIpc) is 1.90. The highest BCUT2D eigenvalue weighted by Gasteiger charge is 1.93. The van der Waals surface area contributed by atoms with Gasteiger partial charge in [-0.1, -0.05) is 30.3 Å². The summed E-state index contributed by atoms with van der Waals surface area (Å²) in [6, 6.07) is 10.2. The zero-order valence-corrected chi connectivity index (χ0v) is 8.52. The molecule has 2 atom stereocenters. The number of hydrogen-bond acceptors (Lipinski definition) is 0. The van der Waals surface area contributed by atoms with E-state index in [0.717, 1.165) is 0 Å². The maximum atomic E-state index is 3.87. The summed E-state index contributed by atoms with van der Waals surface area (Å²) in [6.07, 6.45) is 0. The molecule has 10 heavy (non-hydrogen) atoms. The van der Waals surface area contributed by atoms with Gasteiger partial charge in [-0.05, 0) is 18.1 Å². The molecule has 0 aliphatic heterocycles. The van der Waals surface area contributed by atoms with Crippen molar-refractivity contribution in [3.63, 3.8) is 0 Å². The van der Waals surface area contributed by atoms with E-state index in [1.165, 1.54) is 5.56 Å². The zero-order chi connectivity index (χ0) is 6.69. The highest BCUT2D eigenvalue weighted by Crippen LogP contribution is 2.19. The largest absolute Gasteiger partial charge is 0.130 e. The third-order valence-corrected chi connectivity index (χ3v) is 1.61. The van der Waals surface area contributed by atoms with Crippen molar-refractivity contribution >= 4 is 26.2 Å². The Labute approximate surface area is 75.0 Å². The molecule has 1 aromatic rings. The van der Waals surface area contributed by atoms with Gasteiger partial charge in [0.1, 0.15) is 0 Å². The van der Waals surface area contributed by atoms with E-state index in [2.05, 4.69) is 28.3 Å². The predicted octanol–water partition coefficient (Wildman–Crippen LogP) is 3.01. The van der Waals surface area contributed by atoms with E-state index in [-0.39, 0.29) is 17.0 Å². The molecule has 0 bridgehead atoms. The first-order valence-electron chi connectivity index (χ1n) is 2.94. The number of benzene rings is 1. The molecule has 0 amide bonds. The van der Waals surface area contributed by atoms with Crippen LogP contribution in [0.15, 0.2) is 30.3 Å². The maximum absolute atomic E-state index is 3.87. The summed E-state index contributed by atoms with van der Waals surface area (Å²) in [4.78, 5) is 0. The molecule has 0 heterocycles. The molecule has 1 radical (unpaired) electrons. The average molecular weight is 218 g/mol. The topological polar surface area (TPSA) is 0 Å². The first-order chi connectivity index (χ1) is 4.30. The molecule has 0 nitrogen and oxygen atoms in total. The lowest BCUT2D eigenvalue weighted by atomic mass is 10.2. The summed E-state index contributed by atoms with van der Waals surface area (Å²) >= 11 is 0. The Hall–Kier alpha value is 0.130. The summed E-state index contributed by atoms with van der Waals surface area (Å²) in [5.74, 6) is 0. The van der Waals surface area contributed by atoms with Gasteiger partial charge in [0.25, 0.3) is 0 Å². The Morgan fingerprint density at radius 2 is 1.70 bits per heavy atom. The highest BCUT2D eigenvalue weighted by molar-refractivity contribution is 8.93. The molecule has 2 heteroatoms. The number of rotatable bonds is 1. The maximum Gasteiger partial charge on any atom is -0.00142 e. The fourth-order valence-corrected chi connectivity index (χ4v) is 0.922. The fraction of sp³-hybridized carbons (Fsp3) is 0.125. The molecular weight excluding hydrogens is 207 g/mol. The molecule has 55 valence electrons. The van der Waals surface area contributed by atoms with Gasteiger partial charge < -0.3 is 0 Å². The lowest BCUT2D eigenvalue weighted by molar-refractivity contribution is 1.23. The molecule has 0 saturated heterocycles. The smallest absolute Gasteiger partial charge is 0.00142 e. The quantitative estimate of drug-likeness (QED) is 0.635. The van der Waals surface area contributed by atoms with Gasteiger partial charge >= 0.3 is 0 Å². The van der Waals surface area contributed by atoms with Crippen LogP contribution in [-0.4, -0.2) is 0 Å². The van der Waals surface area contributed by atoms with Crippen LogP contribution in [0.5, 0.6) is 0 Å². The molecule has 0 aliphatic carbocycles. The van der Waals surface area contributed by atoms with Gasteiger partial charge in [0.05, 0.1) is 0 Å². The van der Waals surface area contributed by atoms with Gasteiger partial charge in [0.15, 0.2) is 0 Å². The Morgan fingerprint density at radius 3 is 2.00 bits per heavy atom. The van der Waals surface area contributed by atoms with E-state index < -0.39 is 0 Å². The summed E-state index contributed by atoms with van der Waals surface area (Å²) in [7, 11) is 2.66. The van der Waals surface area contributed by atoms with Crippen molar-refractivity contribution in [3.8, 4) is 0 Å². The first kappa shape index (κ1) is 10.1. The Kier molecular flexibility index (Phi) is 4.93. The lowest BCUT2D eigenvalue weighted by Crippen LogP contribution is -1.79. The third kappa shape index (κ3) is 2.81. The van der Waals surface area contributed by atoms with Crippen molar-refractivity contribution in [1.29, 1.82) is 0 Å². The Bertz CT molecular complexity index is 172. The Balaban J connectivity index is 0.000000810. The summed E-state index contributed by atoms with van der Waals surface area (Å²) in [5.41, 5.74) is 1.59. The second-order valence-corrected chi connectivity index (χ2v) is 2.82. The molecule has 2 unspecified atom stereocenters. The summed E-state index contributed by atoms with van der Waals surface area (Å²) < 4.78 is 0. The Morgan fingerprint density at radius 1 is 1.20 bits per heavy atom. The molecule has 0 saturated carbocycles. The van der Waals surface area contributed by atoms with Crippen LogP contribution in [-0.2, 0) is 0 Å². The van der Waals surface area contributed by atoms with Crippen LogP contribution in [0.1, 0.15) is 11.2 Å². The predicted molar refractivity (Wildman–Crippen MR) is 54.6 cm³/mol. The van der Waals surface area contributed by atoms with E-state index in [9.17, 15) is 0 Å². The molecule has 0 spiro atoms. The van der Waals surface area contributed by atoms with E-state index >= 15 is 0 Å². The van der Waals surface area contributed by atoms with E-state index in [4.69, 9.17) is 0 Å². The minimum Gasteiger partial charge on any atom is -0.130 e. The minimum atomic E-state index is 0. The number of halogens is 1. The first-order valence-corrected chi connectivity index (χ1v) is 3.61. The fourth-order valence-electron chi connectivity index (χ4n) is 0.700. The highest BCUT2D eigenvalue weighted by atomic mass is 79.9. The minimum absolute atomic E-state index is 0. The van der Waals surface area contributed by atoms with Crippen LogP contribution >= 0.6 is 26.2 Å². The SMILES string of the molecule is Br.[CH2]C(P)c1ccccc1. The van der Waals surface area contributed by atoms with E-state index in [1.54, 1.807) is 0 Å². The van der Waals surface area contributed by atoms with Gasteiger partial charge in [0.2, 0.25) is 0 Å². The molecule has 0 N–H and O–H groups in total. The molecule has 0 fully saturated rings. The van der Waals surface area contributed by atoms with Crippen LogP contribution in [0.4, 0.5) is 0 Å². The monoisotopic (exact) mass is 217 g/mol. The van der Waals surface area contributed by atoms with Crippen LogP contribution in [0, 0.1) is 6.92 Å². The van der Waals surface area contributed by atoms with Gasteiger partial charge in [-0.3, -0.25) is 0 Å². The van der Waals surface area contributed by atoms with Crippen molar-refractivity contribution in [3.05, 3.63) is 42.8 Å². The molecule has 1 aromatic carbocycles. The van der Waals surface area contributed by atoms with Crippen LogP contribution in [0.3, 0.4) is 0 Å². The normalized spacial score (nSPS) is 11.8. The standard InChI is InChI=1S/C8H10P.BrH/c1-7(9)8-5-3-2-4-6-8;/h2-7H,1,9H2;1H. The molecule has 0 aliphatic rings. The van der Waals surface area contributed by atoms with Crippen molar-refractivity contribution in [1.82, 2.24) is 0 Å². The summed E-state index contributed by atoms with van der Waals surface area (Å²) in [6.45, 7) is 3.87. The van der Waals surface area contributed by atoms with Gasteiger partial charge in [-0.15, -0.1) is 26.2 Å². The second-order valence-electron chi connectivity index (χ2n) is 2.02. The lowest BCUT2D eigenvalue weighted by Gasteiger charge is -2.01. The van der Waals surface area contributed by atoms with Gasteiger partial charge in [-0.2, -0.15) is 0 Å². The molecular formula is C8H11BrP. The van der Waals surface area contributed by atoms with E-state index in [0.29, 0.717) is 5.66 Å². The molecule has 0 aromatic heterocycles. The third-order valence-electron chi connectivity index (χ3n) is 1.23. The van der Waals surface area contributed by atoms with Crippen molar-refractivity contribution in [2.24, 2.45) is 0 Å². The molecule has 1 rings (SSSR count). The van der Waals surface area contributed by atoms with Crippen molar-refractivity contribution < 1.29 is 0 Å². The second kappa shape index (κ2) is 4.87. The van der Waals surface area contributed by atoms with Crippen molar-refractivity contribution in [2.45, 2.75) is 5.66 Å². The van der Waals surface area contributed by atoms with Crippen LogP contribution in [0.2, 0.25) is 0 Å². The zero-order valence-electron chi connectivity index (χ0n) is 5.66. The van der Waals surface area contributed by atoms with Gasteiger partial charge in [-0.25, -0.2) is 0 Å². The van der Waals surface area contributed by atoms with Crippen LogP contribution in [0.25, 0.3) is 0 Å². The van der Waals surface area contributed by atoms with Crippen LogP contribution < -0.4 is 0 Å². The van der Waals surface area contributed by atoms with Gasteiger partial charge in [0, 0.05) is 0 Å². The summed E-state index contributed by atoms with van der Waals surface area (Å²) in [5, 5.41) is 0. The van der Waals surface area contributed by atoms with E-state index in [1.807, 2.05) is 18.2 Å². The van der Waals surface area contributed by atoms with Crippen molar-refractivity contribution in [2.75, 3.05) is 0 Å². The number of hydrogen-bond donors (Lipinski definition) is 0.